The van der Waals surface area contributed by atoms with Crippen LogP contribution in [0.2, 0.25) is 5.15 Å². The molecule has 0 aliphatic heterocycles. The molecule has 12 heteroatoms. The molecule has 0 saturated heterocycles. The third-order valence-corrected chi connectivity index (χ3v) is 5.77. The van der Waals surface area contributed by atoms with Gasteiger partial charge in [-0.2, -0.15) is 0 Å². The summed E-state index contributed by atoms with van der Waals surface area (Å²) in [7, 11) is 1.58. The predicted octanol–water partition coefficient (Wildman–Crippen LogP) is 3.09. The van der Waals surface area contributed by atoms with Gasteiger partial charge in [-0.3, -0.25) is 19.5 Å². The van der Waals surface area contributed by atoms with Crippen molar-refractivity contribution in [1.29, 1.82) is 0 Å². The minimum atomic E-state index is -1.23. The monoisotopic (exact) mass is 469 g/mol. The lowest BCUT2D eigenvalue weighted by molar-refractivity contribution is -0.135. The highest BCUT2D eigenvalue weighted by atomic mass is 35.5. The van der Waals surface area contributed by atoms with E-state index in [-0.39, 0.29) is 47.1 Å². The lowest BCUT2D eigenvalue weighted by Gasteiger charge is -2.27. The van der Waals surface area contributed by atoms with E-state index in [1.807, 2.05) is 0 Å². The second-order valence-electron chi connectivity index (χ2n) is 7.66. The molecular weight excluding hydrogens is 450 g/mol. The third kappa shape index (κ3) is 4.40. The summed E-state index contributed by atoms with van der Waals surface area (Å²) in [5.74, 6) is -0.270. The number of pyridine rings is 2. The summed E-state index contributed by atoms with van der Waals surface area (Å²) in [5, 5.41) is 21.0. The molecule has 3 heterocycles. The molecule has 3 aromatic heterocycles. The van der Waals surface area contributed by atoms with Crippen molar-refractivity contribution >= 4 is 40.9 Å². The maximum Gasteiger partial charge on any atom is 0.413 e. The molecule has 33 heavy (non-hydrogen) atoms. The number of nitrogens with zero attached hydrogens (tertiary/aromatic N) is 6. The van der Waals surface area contributed by atoms with E-state index in [4.69, 9.17) is 11.6 Å². The number of hydrogen-bond donors (Lipinski definition) is 2. The van der Waals surface area contributed by atoms with Crippen LogP contribution in [0, 0.1) is 5.92 Å². The minimum Gasteiger partial charge on any atom is -0.465 e. The fourth-order valence-corrected chi connectivity index (χ4v) is 3.88. The fraction of sp³-hybridized carbons (Fsp3) is 0.286. The van der Waals surface area contributed by atoms with Crippen molar-refractivity contribution in [2.75, 3.05) is 10.2 Å². The van der Waals surface area contributed by atoms with Crippen LogP contribution >= 0.6 is 11.6 Å². The van der Waals surface area contributed by atoms with Crippen molar-refractivity contribution in [2.45, 2.75) is 25.8 Å². The molecule has 1 fully saturated rings. The average Bonchev–Trinajstić information content (AvgIpc) is 3.13. The topological polar surface area (TPSA) is 143 Å². The van der Waals surface area contributed by atoms with E-state index in [9.17, 15) is 19.5 Å². The number of ketones is 1. The van der Waals surface area contributed by atoms with Crippen LogP contribution in [-0.2, 0) is 16.6 Å². The highest BCUT2D eigenvalue weighted by Crippen LogP contribution is 2.35. The van der Waals surface area contributed by atoms with E-state index in [1.54, 1.807) is 38.2 Å². The van der Waals surface area contributed by atoms with Gasteiger partial charge in [0.2, 0.25) is 5.91 Å². The zero-order chi connectivity index (χ0) is 23.7. The summed E-state index contributed by atoms with van der Waals surface area (Å²) in [6.07, 6.45) is 2.24. The molecule has 3 aromatic rings. The van der Waals surface area contributed by atoms with Gasteiger partial charge in [0, 0.05) is 31.6 Å². The maximum absolute atomic E-state index is 12.3. The van der Waals surface area contributed by atoms with E-state index >= 15 is 0 Å². The van der Waals surface area contributed by atoms with Crippen LogP contribution in [0.3, 0.4) is 0 Å². The first-order valence-corrected chi connectivity index (χ1v) is 10.4. The molecule has 0 aromatic carbocycles. The molecule has 0 spiro atoms. The average molecular weight is 470 g/mol. The zero-order valence-corrected chi connectivity index (χ0v) is 18.5. The molecule has 1 aliphatic carbocycles. The molecule has 2 amide bonds. The van der Waals surface area contributed by atoms with Gasteiger partial charge in [0.25, 0.3) is 0 Å². The predicted molar refractivity (Wildman–Crippen MR) is 119 cm³/mol. The van der Waals surface area contributed by atoms with Crippen molar-refractivity contribution in [1.82, 2.24) is 25.0 Å². The number of carbonyl (C=O) groups excluding carboxylic acids is 2. The van der Waals surface area contributed by atoms with Crippen LogP contribution in [0.5, 0.6) is 0 Å². The molecule has 0 bridgehead atoms. The number of Topliss-reactive ketones (excluding diaryl/α,β-unsaturated/α-hetero) is 1. The Kier molecular flexibility index (Phi) is 6.05. The first-order valence-electron chi connectivity index (χ1n) is 10.1. The zero-order valence-electron chi connectivity index (χ0n) is 17.8. The molecule has 1 aliphatic rings. The van der Waals surface area contributed by atoms with Gasteiger partial charge >= 0.3 is 6.09 Å². The number of nitrogens with one attached hydrogen (secondary N) is 1. The largest absolute Gasteiger partial charge is 0.465 e. The number of anilines is 2. The lowest BCUT2D eigenvalue weighted by atomic mass is 9.83. The van der Waals surface area contributed by atoms with Crippen LogP contribution < -0.4 is 10.2 Å². The SMILES string of the molecule is CC(c1cccnc1Cl)N(C(=O)O)c1c(-c2ccc(NC(=O)C3CC(=O)C3)cn2)nnn1C. The van der Waals surface area contributed by atoms with Gasteiger partial charge in [0.15, 0.2) is 11.5 Å². The Hall–Kier alpha value is -3.86. The number of aryl methyl sites for hydroxylation is 1. The van der Waals surface area contributed by atoms with Gasteiger partial charge in [-0.25, -0.2) is 14.5 Å². The lowest BCUT2D eigenvalue weighted by Crippen LogP contribution is -2.34. The van der Waals surface area contributed by atoms with Crippen molar-refractivity contribution in [3.63, 3.8) is 0 Å². The smallest absolute Gasteiger partial charge is 0.413 e. The van der Waals surface area contributed by atoms with Crippen LogP contribution in [0.25, 0.3) is 11.4 Å². The van der Waals surface area contributed by atoms with E-state index in [0.717, 1.165) is 4.90 Å². The summed E-state index contributed by atoms with van der Waals surface area (Å²) in [6, 6.07) is 5.92. The summed E-state index contributed by atoms with van der Waals surface area (Å²) in [4.78, 5) is 45.0. The number of amides is 2. The molecule has 0 radical (unpaired) electrons. The Morgan fingerprint density at radius 3 is 2.64 bits per heavy atom. The molecule has 1 atom stereocenters. The number of rotatable bonds is 6. The summed E-state index contributed by atoms with van der Waals surface area (Å²) >= 11 is 6.20. The number of carboxylic acid groups (broad SMARTS) is 1. The van der Waals surface area contributed by atoms with E-state index in [1.165, 1.54) is 17.1 Å². The van der Waals surface area contributed by atoms with Gasteiger partial charge in [0.05, 0.1) is 29.5 Å². The van der Waals surface area contributed by atoms with Gasteiger partial charge < -0.3 is 10.4 Å². The van der Waals surface area contributed by atoms with E-state index < -0.39 is 12.1 Å². The Labute approximate surface area is 193 Å². The van der Waals surface area contributed by atoms with Crippen molar-refractivity contribution < 1.29 is 19.5 Å². The Bertz CT molecular complexity index is 1220. The highest BCUT2D eigenvalue weighted by molar-refractivity contribution is 6.30. The van der Waals surface area contributed by atoms with Gasteiger partial charge in [-0.05, 0) is 25.1 Å². The molecule has 2 N–H and O–H groups in total. The summed E-state index contributed by atoms with van der Waals surface area (Å²) in [6.45, 7) is 1.69. The quantitative estimate of drug-likeness (QED) is 0.524. The van der Waals surface area contributed by atoms with Crippen LogP contribution in [0.1, 0.15) is 31.4 Å². The van der Waals surface area contributed by atoms with Crippen molar-refractivity contribution in [2.24, 2.45) is 13.0 Å². The van der Waals surface area contributed by atoms with Gasteiger partial charge in [0.1, 0.15) is 10.9 Å². The van der Waals surface area contributed by atoms with Crippen molar-refractivity contribution in [3.05, 3.63) is 47.4 Å². The number of aromatic nitrogens is 5. The molecule has 4 rings (SSSR count). The third-order valence-electron chi connectivity index (χ3n) is 5.45. The van der Waals surface area contributed by atoms with Crippen LogP contribution in [0.15, 0.2) is 36.7 Å². The molecule has 11 nitrogen and oxygen atoms in total. The number of hydrogen-bond acceptors (Lipinski definition) is 7. The second-order valence-corrected chi connectivity index (χ2v) is 8.02. The molecule has 1 unspecified atom stereocenters. The highest BCUT2D eigenvalue weighted by Gasteiger charge is 2.33. The van der Waals surface area contributed by atoms with Gasteiger partial charge in [-0.15, -0.1) is 5.10 Å². The Balaban J connectivity index is 1.62. The fourth-order valence-electron chi connectivity index (χ4n) is 3.60. The molecule has 170 valence electrons. The molecular formula is C21H20ClN7O4. The maximum atomic E-state index is 12.3. The van der Waals surface area contributed by atoms with Crippen LogP contribution in [-0.4, -0.2) is 47.9 Å². The minimum absolute atomic E-state index is 0.0728. The first-order chi connectivity index (χ1) is 15.8. The second kappa shape index (κ2) is 8.94. The Morgan fingerprint density at radius 1 is 1.27 bits per heavy atom. The summed E-state index contributed by atoms with van der Waals surface area (Å²) in [5.41, 5.74) is 1.59. The van der Waals surface area contributed by atoms with Gasteiger partial charge in [-0.1, -0.05) is 22.9 Å². The summed E-state index contributed by atoms with van der Waals surface area (Å²) < 4.78 is 1.34. The van der Waals surface area contributed by atoms with Crippen molar-refractivity contribution in [3.8, 4) is 11.4 Å². The van der Waals surface area contributed by atoms with E-state index in [2.05, 4.69) is 25.6 Å². The standard InChI is InChI=1S/C21H20ClN7O4/c1-11(15-4-3-7-23-18(15)22)29(21(32)33)20-17(26-27-28(20)2)16-6-5-13(10-24-16)25-19(31)12-8-14(30)9-12/h3-7,10-12H,8-9H2,1-2H3,(H,25,31)(H,32,33). The number of carbonyl (C=O) groups is 3. The Morgan fingerprint density at radius 2 is 2.03 bits per heavy atom. The normalized spacial score (nSPS) is 14.5. The first kappa shape index (κ1) is 22.3. The number of halogens is 1. The van der Waals surface area contributed by atoms with Crippen LogP contribution in [0.4, 0.5) is 16.3 Å². The van der Waals surface area contributed by atoms with E-state index in [0.29, 0.717) is 16.9 Å². The molecule has 1 saturated carbocycles.